The van der Waals surface area contributed by atoms with Gasteiger partial charge in [0.15, 0.2) is 0 Å². The maximum Gasteiger partial charge on any atom is 0.137 e. The summed E-state index contributed by atoms with van der Waals surface area (Å²) in [5.41, 5.74) is 0.615. The first-order chi connectivity index (χ1) is 7.90. The van der Waals surface area contributed by atoms with Crippen molar-refractivity contribution in [1.29, 1.82) is 5.26 Å². The predicted octanol–water partition coefficient (Wildman–Crippen LogP) is 2.03. The van der Waals surface area contributed by atoms with Crippen molar-refractivity contribution < 1.29 is 4.74 Å². The lowest BCUT2D eigenvalue weighted by Crippen LogP contribution is -2.25. The lowest BCUT2D eigenvalue weighted by atomic mass is 10.2. The molecule has 0 amide bonds. The molecule has 1 aromatic rings. The SMILES string of the molecule is N#Cc1ccccc1OCCN1CCCC1. The van der Waals surface area contributed by atoms with Crippen LogP contribution in [-0.4, -0.2) is 31.1 Å². The molecule has 0 spiro atoms. The van der Waals surface area contributed by atoms with Gasteiger partial charge in [-0.2, -0.15) is 5.26 Å². The molecule has 1 saturated heterocycles. The van der Waals surface area contributed by atoms with Gasteiger partial charge in [-0.3, -0.25) is 4.90 Å². The van der Waals surface area contributed by atoms with E-state index in [0.29, 0.717) is 17.9 Å². The highest BCUT2D eigenvalue weighted by Gasteiger charge is 2.11. The first-order valence-corrected chi connectivity index (χ1v) is 5.74. The second-order valence-corrected chi connectivity index (χ2v) is 4.01. The van der Waals surface area contributed by atoms with Gasteiger partial charge in [-0.25, -0.2) is 0 Å². The van der Waals surface area contributed by atoms with Crippen LogP contribution in [-0.2, 0) is 0 Å². The van der Waals surface area contributed by atoms with Gasteiger partial charge >= 0.3 is 0 Å². The van der Waals surface area contributed by atoms with E-state index in [2.05, 4.69) is 11.0 Å². The molecule has 84 valence electrons. The summed E-state index contributed by atoms with van der Waals surface area (Å²) in [5, 5.41) is 8.89. The van der Waals surface area contributed by atoms with Crippen LogP contribution in [0, 0.1) is 11.3 Å². The van der Waals surface area contributed by atoms with E-state index in [0.717, 1.165) is 6.54 Å². The zero-order valence-corrected chi connectivity index (χ0v) is 9.35. The Balaban J connectivity index is 1.82. The monoisotopic (exact) mass is 216 g/mol. The molecule has 0 N–H and O–H groups in total. The standard InChI is InChI=1S/C13H16N2O/c14-11-12-5-1-2-6-13(12)16-10-9-15-7-3-4-8-15/h1-2,5-6H,3-4,7-10H2. The lowest BCUT2D eigenvalue weighted by molar-refractivity contribution is 0.237. The fourth-order valence-electron chi connectivity index (χ4n) is 1.98. The van der Waals surface area contributed by atoms with Gasteiger partial charge in [-0.1, -0.05) is 12.1 Å². The molecule has 0 saturated carbocycles. The first-order valence-electron chi connectivity index (χ1n) is 5.74. The second kappa shape index (κ2) is 5.53. The molecule has 1 aromatic carbocycles. The maximum atomic E-state index is 8.89. The summed E-state index contributed by atoms with van der Waals surface area (Å²) in [6, 6.07) is 9.52. The van der Waals surface area contributed by atoms with Crippen molar-refractivity contribution in [3.8, 4) is 11.8 Å². The number of hydrogen-bond acceptors (Lipinski definition) is 3. The number of nitrogens with zero attached hydrogens (tertiary/aromatic N) is 2. The van der Waals surface area contributed by atoms with Crippen molar-refractivity contribution >= 4 is 0 Å². The van der Waals surface area contributed by atoms with Crippen molar-refractivity contribution in [3.05, 3.63) is 29.8 Å². The first kappa shape index (κ1) is 11.0. The summed E-state index contributed by atoms with van der Waals surface area (Å²) in [5.74, 6) is 0.698. The van der Waals surface area contributed by atoms with Gasteiger partial charge in [-0.15, -0.1) is 0 Å². The molecule has 0 aromatic heterocycles. The van der Waals surface area contributed by atoms with E-state index in [1.165, 1.54) is 25.9 Å². The van der Waals surface area contributed by atoms with Crippen LogP contribution in [0.5, 0.6) is 5.75 Å². The molecule has 16 heavy (non-hydrogen) atoms. The van der Waals surface area contributed by atoms with Gasteiger partial charge in [0, 0.05) is 6.54 Å². The third kappa shape index (κ3) is 2.74. The number of likely N-dealkylation sites (tertiary alicyclic amines) is 1. The minimum absolute atomic E-state index is 0.615. The smallest absolute Gasteiger partial charge is 0.137 e. The molecule has 3 heteroatoms. The summed E-state index contributed by atoms with van der Waals surface area (Å²) in [6.07, 6.45) is 2.60. The number of rotatable bonds is 4. The Morgan fingerprint density at radius 3 is 2.75 bits per heavy atom. The van der Waals surface area contributed by atoms with E-state index in [1.54, 1.807) is 6.07 Å². The van der Waals surface area contributed by atoms with Gasteiger partial charge in [0.1, 0.15) is 18.4 Å². The fraction of sp³-hybridized carbons (Fsp3) is 0.462. The summed E-state index contributed by atoms with van der Waals surface area (Å²) >= 11 is 0. The molecule has 1 heterocycles. The van der Waals surface area contributed by atoms with Crippen molar-refractivity contribution in [2.24, 2.45) is 0 Å². The zero-order chi connectivity index (χ0) is 11.2. The van der Waals surface area contributed by atoms with Crippen molar-refractivity contribution in [2.45, 2.75) is 12.8 Å². The highest BCUT2D eigenvalue weighted by molar-refractivity contribution is 5.42. The molecule has 0 aliphatic carbocycles. The molecular formula is C13H16N2O. The number of hydrogen-bond donors (Lipinski definition) is 0. The van der Waals surface area contributed by atoms with Gasteiger partial charge in [0.2, 0.25) is 0 Å². The Bertz CT molecular complexity index is 378. The fourth-order valence-corrected chi connectivity index (χ4v) is 1.98. The molecule has 0 atom stereocenters. The highest BCUT2D eigenvalue weighted by Crippen LogP contribution is 2.16. The summed E-state index contributed by atoms with van der Waals surface area (Å²) in [4.78, 5) is 2.40. The number of benzene rings is 1. The van der Waals surface area contributed by atoms with Gasteiger partial charge in [-0.05, 0) is 38.1 Å². The Morgan fingerprint density at radius 2 is 2.00 bits per heavy atom. The second-order valence-electron chi connectivity index (χ2n) is 4.01. The van der Waals surface area contributed by atoms with Crippen LogP contribution in [0.1, 0.15) is 18.4 Å². The van der Waals surface area contributed by atoms with Crippen molar-refractivity contribution in [2.75, 3.05) is 26.2 Å². The number of para-hydroxylation sites is 1. The van der Waals surface area contributed by atoms with Crippen LogP contribution in [0.3, 0.4) is 0 Å². The molecule has 0 unspecified atom stereocenters. The van der Waals surface area contributed by atoms with Crippen LogP contribution in [0.25, 0.3) is 0 Å². The summed E-state index contributed by atoms with van der Waals surface area (Å²) in [6.45, 7) is 3.99. The van der Waals surface area contributed by atoms with E-state index >= 15 is 0 Å². The highest BCUT2D eigenvalue weighted by atomic mass is 16.5. The Labute approximate surface area is 96.2 Å². The van der Waals surface area contributed by atoms with E-state index in [-0.39, 0.29) is 0 Å². The van der Waals surface area contributed by atoms with Gasteiger partial charge < -0.3 is 4.74 Å². The Kier molecular flexibility index (Phi) is 3.79. The van der Waals surface area contributed by atoms with Crippen LogP contribution < -0.4 is 4.74 Å². The molecule has 2 rings (SSSR count). The number of nitriles is 1. The van der Waals surface area contributed by atoms with E-state index < -0.39 is 0 Å². The maximum absolute atomic E-state index is 8.89. The molecule has 1 fully saturated rings. The third-order valence-electron chi connectivity index (χ3n) is 2.87. The molecule has 3 nitrogen and oxygen atoms in total. The van der Waals surface area contributed by atoms with Crippen LogP contribution in [0.2, 0.25) is 0 Å². The molecular weight excluding hydrogens is 200 g/mol. The van der Waals surface area contributed by atoms with E-state index in [1.807, 2.05) is 18.2 Å². The predicted molar refractivity (Wildman–Crippen MR) is 62.3 cm³/mol. The molecule has 1 aliphatic heterocycles. The largest absolute Gasteiger partial charge is 0.491 e. The minimum atomic E-state index is 0.615. The third-order valence-corrected chi connectivity index (χ3v) is 2.87. The number of ether oxygens (including phenoxy) is 1. The van der Waals surface area contributed by atoms with Gasteiger partial charge in [0.05, 0.1) is 5.56 Å². The van der Waals surface area contributed by atoms with Crippen molar-refractivity contribution in [3.63, 3.8) is 0 Å². The molecule has 0 bridgehead atoms. The van der Waals surface area contributed by atoms with E-state index in [4.69, 9.17) is 10.00 Å². The van der Waals surface area contributed by atoms with Crippen LogP contribution in [0.15, 0.2) is 24.3 Å². The Morgan fingerprint density at radius 1 is 1.25 bits per heavy atom. The molecule has 0 radical (unpaired) electrons. The van der Waals surface area contributed by atoms with Crippen LogP contribution >= 0.6 is 0 Å². The quantitative estimate of drug-likeness (QED) is 0.772. The lowest BCUT2D eigenvalue weighted by Gasteiger charge is -2.15. The Hall–Kier alpha value is -1.53. The van der Waals surface area contributed by atoms with Gasteiger partial charge in [0.25, 0.3) is 0 Å². The summed E-state index contributed by atoms with van der Waals surface area (Å²) < 4.78 is 5.63. The minimum Gasteiger partial charge on any atom is -0.491 e. The summed E-state index contributed by atoms with van der Waals surface area (Å²) in [7, 11) is 0. The van der Waals surface area contributed by atoms with Crippen LogP contribution in [0.4, 0.5) is 0 Å². The normalized spacial score (nSPS) is 15.9. The average Bonchev–Trinajstić information content (AvgIpc) is 2.83. The average molecular weight is 216 g/mol. The van der Waals surface area contributed by atoms with Crippen molar-refractivity contribution in [1.82, 2.24) is 4.90 Å². The topological polar surface area (TPSA) is 36.3 Å². The van der Waals surface area contributed by atoms with E-state index in [9.17, 15) is 0 Å². The zero-order valence-electron chi connectivity index (χ0n) is 9.35. The molecule has 1 aliphatic rings.